The number of furan rings is 2. The van der Waals surface area contributed by atoms with E-state index in [1.807, 2.05) is 48.5 Å². The molecule has 8 aromatic rings. The Morgan fingerprint density at radius 3 is 1.89 bits per heavy atom. The molecule has 8 rings (SSSR count). The summed E-state index contributed by atoms with van der Waals surface area (Å²) in [5.41, 5.74) is 9.85. The minimum Gasteiger partial charge on any atom is -0.455 e. The topological polar surface area (TPSA) is 52.1 Å². The van der Waals surface area contributed by atoms with Gasteiger partial charge in [0.05, 0.1) is 11.0 Å². The summed E-state index contributed by atoms with van der Waals surface area (Å²) < 4.78 is 12.6. The second-order valence-electron chi connectivity index (χ2n) is 9.01. The molecule has 168 valence electrons. The van der Waals surface area contributed by atoms with Crippen molar-refractivity contribution in [2.24, 2.45) is 0 Å². The summed E-state index contributed by atoms with van der Waals surface area (Å²) in [6.45, 7) is 0. The van der Waals surface area contributed by atoms with Crippen molar-refractivity contribution in [1.82, 2.24) is 9.97 Å². The number of nitrogens with zero attached hydrogens (tertiary/aromatic N) is 2. The smallest absolute Gasteiger partial charge is 0.246 e. The van der Waals surface area contributed by atoms with Crippen LogP contribution in [0.1, 0.15) is 0 Å². The predicted octanol–water partition coefficient (Wildman–Crippen LogP) is 8.76. The molecule has 4 nitrogen and oxygen atoms in total. The van der Waals surface area contributed by atoms with Gasteiger partial charge in [-0.1, -0.05) is 78.9 Å². The lowest BCUT2D eigenvalue weighted by atomic mass is 9.97. The third-order valence-corrected chi connectivity index (χ3v) is 6.90. The molecule has 0 fully saturated rings. The van der Waals surface area contributed by atoms with E-state index in [-0.39, 0.29) is 0 Å². The van der Waals surface area contributed by atoms with E-state index in [9.17, 15) is 0 Å². The van der Waals surface area contributed by atoms with E-state index in [0.717, 1.165) is 71.7 Å². The zero-order chi connectivity index (χ0) is 23.6. The van der Waals surface area contributed by atoms with Gasteiger partial charge in [0.25, 0.3) is 0 Å². The molecule has 0 saturated carbocycles. The van der Waals surface area contributed by atoms with Crippen LogP contribution in [0.5, 0.6) is 0 Å². The van der Waals surface area contributed by atoms with Gasteiger partial charge in [-0.25, -0.2) is 9.97 Å². The Labute approximate surface area is 205 Å². The van der Waals surface area contributed by atoms with E-state index in [0.29, 0.717) is 5.71 Å². The van der Waals surface area contributed by atoms with Gasteiger partial charge in [-0.05, 0) is 41.5 Å². The van der Waals surface area contributed by atoms with Gasteiger partial charge in [0.2, 0.25) is 5.71 Å². The summed E-state index contributed by atoms with van der Waals surface area (Å²) in [6.07, 6.45) is 0. The molecule has 3 heterocycles. The van der Waals surface area contributed by atoms with Crippen molar-refractivity contribution < 1.29 is 8.83 Å². The molecule has 0 aliphatic carbocycles. The Hall–Kier alpha value is -4.96. The first kappa shape index (κ1) is 19.4. The van der Waals surface area contributed by atoms with Crippen molar-refractivity contribution in [2.45, 2.75) is 0 Å². The lowest BCUT2D eigenvalue weighted by molar-refractivity contribution is 0.656. The third kappa shape index (κ3) is 2.75. The van der Waals surface area contributed by atoms with E-state index in [1.54, 1.807) is 0 Å². The van der Waals surface area contributed by atoms with Crippen LogP contribution in [0.25, 0.3) is 77.4 Å². The van der Waals surface area contributed by atoms with E-state index < -0.39 is 0 Å². The minimum atomic E-state index is 0.555. The largest absolute Gasteiger partial charge is 0.455 e. The number of fused-ring (bicyclic) bond motifs is 7. The molecule has 0 aliphatic heterocycles. The van der Waals surface area contributed by atoms with E-state index in [2.05, 4.69) is 60.7 Å². The molecule has 4 heteroatoms. The maximum Gasteiger partial charge on any atom is 0.246 e. The fraction of sp³-hybridized carbons (Fsp3) is 0. The minimum absolute atomic E-state index is 0.555. The van der Waals surface area contributed by atoms with Gasteiger partial charge in [0.1, 0.15) is 22.3 Å². The lowest BCUT2D eigenvalue weighted by Gasteiger charge is -2.07. The molecule has 0 bridgehead atoms. The van der Waals surface area contributed by atoms with E-state index in [1.165, 1.54) is 0 Å². The highest BCUT2D eigenvalue weighted by Gasteiger charge is 2.17. The summed E-state index contributed by atoms with van der Waals surface area (Å²) in [7, 11) is 0. The highest BCUT2D eigenvalue weighted by molar-refractivity contribution is 6.10. The number of aromatic nitrogens is 2. The third-order valence-electron chi connectivity index (χ3n) is 6.90. The number of hydrogen-bond donors (Lipinski definition) is 0. The van der Waals surface area contributed by atoms with Gasteiger partial charge in [-0.15, -0.1) is 0 Å². The molecule has 0 spiro atoms. The van der Waals surface area contributed by atoms with E-state index >= 15 is 0 Å². The lowest BCUT2D eigenvalue weighted by Crippen LogP contribution is -1.84. The molecule has 0 N–H and O–H groups in total. The van der Waals surface area contributed by atoms with Crippen LogP contribution in [0.2, 0.25) is 0 Å². The summed E-state index contributed by atoms with van der Waals surface area (Å²) in [5.74, 6) is 0. The van der Waals surface area contributed by atoms with Crippen LogP contribution in [0.4, 0.5) is 0 Å². The first-order chi connectivity index (χ1) is 17.8. The maximum absolute atomic E-state index is 6.31. The first-order valence-electron chi connectivity index (χ1n) is 11.9. The summed E-state index contributed by atoms with van der Waals surface area (Å²) >= 11 is 0. The average Bonchev–Trinajstić information content (AvgIpc) is 3.49. The van der Waals surface area contributed by atoms with Crippen LogP contribution in [-0.4, -0.2) is 9.97 Å². The van der Waals surface area contributed by atoms with Crippen LogP contribution in [0, 0.1) is 0 Å². The number of hydrogen-bond acceptors (Lipinski definition) is 4. The van der Waals surface area contributed by atoms with Gasteiger partial charge >= 0.3 is 0 Å². The molecule has 3 aromatic heterocycles. The molecular formula is C32H18N2O2. The molecule has 36 heavy (non-hydrogen) atoms. The number of para-hydroxylation sites is 5. The first-order valence-corrected chi connectivity index (χ1v) is 11.9. The maximum atomic E-state index is 6.31. The molecule has 0 aliphatic rings. The van der Waals surface area contributed by atoms with Crippen molar-refractivity contribution in [2.75, 3.05) is 0 Å². The molecule has 0 amide bonds. The van der Waals surface area contributed by atoms with E-state index in [4.69, 9.17) is 18.8 Å². The highest BCUT2D eigenvalue weighted by atomic mass is 16.3. The SMILES string of the molecule is c1cc(-c2cccc3c2oc2ccccc23)cc(-c2cccc3c2oc2nc4ccccc4nc23)c1. The monoisotopic (exact) mass is 462 g/mol. The molecule has 0 radical (unpaired) electrons. The second-order valence-corrected chi connectivity index (χ2v) is 9.01. The van der Waals surface area contributed by atoms with Gasteiger partial charge in [-0.3, -0.25) is 0 Å². The summed E-state index contributed by atoms with van der Waals surface area (Å²) in [4.78, 5) is 9.58. The fourth-order valence-corrected chi connectivity index (χ4v) is 5.22. The standard InChI is InChI=1S/C32H18N2O2/c1-4-17-28-23(10-1)24-13-6-11-21(30(24)35-28)19-8-5-9-20(18-19)22-12-7-14-25-29-32(36-31(22)25)34-27-16-3-2-15-26(27)33-29/h1-18H. The van der Waals surface area contributed by atoms with Crippen molar-refractivity contribution in [1.29, 1.82) is 0 Å². The summed E-state index contributed by atoms with van der Waals surface area (Å²) in [6, 6.07) is 37.1. The molecule has 5 aromatic carbocycles. The molecule has 0 atom stereocenters. The van der Waals surface area contributed by atoms with Gasteiger partial charge in [0, 0.05) is 27.3 Å². The molecule has 0 unspecified atom stereocenters. The Kier molecular flexibility index (Phi) is 3.91. The summed E-state index contributed by atoms with van der Waals surface area (Å²) in [5, 5.41) is 3.22. The van der Waals surface area contributed by atoms with Crippen molar-refractivity contribution in [3.05, 3.63) is 109 Å². The van der Waals surface area contributed by atoms with Gasteiger partial charge in [-0.2, -0.15) is 0 Å². The number of benzene rings is 5. The fourth-order valence-electron chi connectivity index (χ4n) is 5.22. The average molecular weight is 463 g/mol. The quantitative estimate of drug-likeness (QED) is 0.258. The number of rotatable bonds is 2. The zero-order valence-corrected chi connectivity index (χ0v) is 19.1. The van der Waals surface area contributed by atoms with Crippen LogP contribution in [-0.2, 0) is 0 Å². The Balaban J connectivity index is 1.34. The van der Waals surface area contributed by atoms with Crippen molar-refractivity contribution in [3.8, 4) is 22.3 Å². The Morgan fingerprint density at radius 2 is 1.08 bits per heavy atom. The van der Waals surface area contributed by atoms with Crippen molar-refractivity contribution in [3.63, 3.8) is 0 Å². The van der Waals surface area contributed by atoms with Crippen LogP contribution >= 0.6 is 0 Å². The second kappa shape index (κ2) is 7.27. The van der Waals surface area contributed by atoms with Gasteiger partial charge in [0.15, 0.2) is 0 Å². The zero-order valence-electron chi connectivity index (χ0n) is 19.1. The van der Waals surface area contributed by atoms with Crippen LogP contribution in [0.15, 0.2) is 118 Å². The van der Waals surface area contributed by atoms with Crippen molar-refractivity contribution >= 4 is 55.2 Å². The van der Waals surface area contributed by atoms with Crippen LogP contribution < -0.4 is 0 Å². The normalized spacial score (nSPS) is 11.9. The van der Waals surface area contributed by atoms with Crippen LogP contribution in [0.3, 0.4) is 0 Å². The Morgan fingerprint density at radius 1 is 0.472 bits per heavy atom. The predicted molar refractivity (Wildman–Crippen MR) is 145 cm³/mol. The highest BCUT2D eigenvalue weighted by Crippen LogP contribution is 2.39. The Bertz CT molecular complexity index is 2120. The van der Waals surface area contributed by atoms with Gasteiger partial charge < -0.3 is 8.83 Å². The molecular weight excluding hydrogens is 444 g/mol. The molecule has 0 saturated heterocycles.